The van der Waals surface area contributed by atoms with Gasteiger partial charge in [0.05, 0.1) is 6.10 Å². The van der Waals surface area contributed by atoms with Crippen LogP contribution in [0.15, 0.2) is 24.3 Å². The van der Waals surface area contributed by atoms with Crippen LogP contribution < -0.4 is 5.32 Å². The van der Waals surface area contributed by atoms with Crippen LogP contribution in [0.4, 0.5) is 10.5 Å². The predicted molar refractivity (Wildman–Crippen MR) is 73.6 cm³/mol. The highest BCUT2D eigenvalue weighted by Crippen LogP contribution is 2.15. The molecule has 6 heteroatoms. The van der Waals surface area contributed by atoms with Crippen LogP contribution in [0.25, 0.3) is 0 Å². The first-order valence-electron chi connectivity index (χ1n) is 6.59. The smallest absolute Gasteiger partial charge is 0.321 e. The fourth-order valence-electron chi connectivity index (χ4n) is 2.18. The molecule has 1 saturated heterocycles. The minimum atomic E-state index is -0.842. The maximum absolute atomic E-state index is 11.9. The topological polar surface area (TPSA) is 89.9 Å². The number of anilines is 1. The van der Waals surface area contributed by atoms with E-state index in [1.165, 1.54) is 0 Å². The second kappa shape index (κ2) is 6.38. The van der Waals surface area contributed by atoms with Gasteiger partial charge in [-0.3, -0.25) is 4.79 Å². The van der Waals surface area contributed by atoms with E-state index in [9.17, 15) is 14.7 Å². The molecule has 0 spiro atoms. The second-order valence-corrected chi connectivity index (χ2v) is 4.91. The number of aryl methyl sites for hydroxylation is 1. The highest BCUT2D eigenvalue weighted by Gasteiger charge is 2.24. The molecule has 3 N–H and O–H groups in total. The third-order valence-corrected chi connectivity index (χ3v) is 3.26. The monoisotopic (exact) mass is 278 g/mol. The quantitative estimate of drug-likeness (QED) is 0.774. The largest absolute Gasteiger partial charge is 0.481 e. The highest BCUT2D eigenvalue weighted by atomic mass is 16.4. The Balaban J connectivity index is 1.93. The number of aliphatic hydroxyl groups is 1. The summed E-state index contributed by atoms with van der Waals surface area (Å²) in [7, 11) is 0. The molecule has 0 bridgehead atoms. The fourth-order valence-corrected chi connectivity index (χ4v) is 2.18. The van der Waals surface area contributed by atoms with E-state index in [0.29, 0.717) is 31.6 Å². The van der Waals surface area contributed by atoms with Crippen molar-refractivity contribution in [2.75, 3.05) is 18.4 Å². The van der Waals surface area contributed by atoms with E-state index in [1.807, 2.05) is 6.07 Å². The van der Waals surface area contributed by atoms with Crippen LogP contribution in [0.3, 0.4) is 0 Å². The highest BCUT2D eigenvalue weighted by molar-refractivity contribution is 5.89. The maximum atomic E-state index is 11.9. The first-order chi connectivity index (χ1) is 9.54. The lowest BCUT2D eigenvalue weighted by atomic mass is 10.1. The number of benzene rings is 1. The van der Waals surface area contributed by atoms with Crippen molar-refractivity contribution in [3.05, 3.63) is 29.8 Å². The summed E-state index contributed by atoms with van der Waals surface area (Å²) in [6.07, 6.45) is 0.658. The number of amides is 2. The van der Waals surface area contributed by atoms with E-state index < -0.39 is 12.1 Å². The number of nitrogens with zero attached hydrogens (tertiary/aromatic N) is 1. The third-order valence-electron chi connectivity index (χ3n) is 3.26. The van der Waals surface area contributed by atoms with Crippen molar-refractivity contribution in [2.24, 2.45) is 0 Å². The van der Waals surface area contributed by atoms with Crippen LogP contribution in [-0.2, 0) is 11.2 Å². The molecule has 2 rings (SSSR count). The van der Waals surface area contributed by atoms with E-state index in [2.05, 4.69) is 5.32 Å². The zero-order valence-electron chi connectivity index (χ0n) is 11.1. The number of rotatable bonds is 4. The zero-order chi connectivity index (χ0) is 14.5. The number of carboxylic acid groups (broad SMARTS) is 1. The lowest BCUT2D eigenvalue weighted by molar-refractivity contribution is -0.136. The van der Waals surface area contributed by atoms with Crippen molar-refractivity contribution in [1.82, 2.24) is 4.90 Å². The molecule has 0 radical (unpaired) electrons. The number of nitrogens with one attached hydrogen (secondary N) is 1. The predicted octanol–water partition coefficient (Wildman–Crippen LogP) is 1.30. The van der Waals surface area contributed by atoms with Gasteiger partial charge in [0.15, 0.2) is 0 Å². The van der Waals surface area contributed by atoms with Gasteiger partial charge in [0.25, 0.3) is 0 Å². The summed E-state index contributed by atoms with van der Waals surface area (Å²) in [5, 5.41) is 20.8. The summed E-state index contributed by atoms with van der Waals surface area (Å²) in [6.45, 7) is 0.899. The number of hydrogen-bond acceptors (Lipinski definition) is 3. The lowest BCUT2D eigenvalue weighted by Gasteiger charge is -2.16. The normalized spacial score (nSPS) is 18.1. The number of carbonyl (C=O) groups is 2. The Kier molecular flexibility index (Phi) is 4.57. The van der Waals surface area contributed by atoms with Crippen LogP contribution in [0, 0.1) is 0 Å². The van der Waals surface area contributed by atoms with E-state index in [4.69, 9.17) is 5.11 Å². The molecule has 1 aromatic carbocycles. The Labute approximate surface area is 117 Å². The molecule has 2 amide bonds. The molecule has 1 fully saturated rings. The van der Waals surface area contributed by atoms with Crippen molar-refractivity contribution in [3.63, 3.8) is 0 Å². The SMILES string of the molecule is O=C(O)CCc1cccc(NC(=O)N2CCC(O)C2)c1. The molecule has 0 aromatic heterocycles. The minimum absolute atomic E-state index is 0.0652. The van der Waals surface area contributed by atoms with Crippen molar-refractivity contribution in [2.45, 2.75) is 25.4 Å². The number of carbonyl (C=O) groups excluding carboxylic acids is 1. The number of aliphatic hydroxyl groups excluding tert-OH is 1. The van der Waals surface area contributed by atoms with Gasteiger partial charge < -0.3 is 20.4 Å². The molecule has 0 aliphatic carbocycles. The van der Waals surface area contributed by atoms with E-state index in [-0.39, 0.29) is 12.5 Å². The number of urea groups is 1. The number of β-amino-alcohol motifs (C(OH)–C–C–N with tert-alkyl or cyclic N) is 1. The first-order valence-corrected chi connectivity index (χ1v) is 6.59. The fraction of sp³-hybridized carbons (Fsp3) is 0.429. The molecular formula is C14H18N2O4. The van der Waals surface area contributed by atoms with Gasteiger partial charge in [0.1, 0.15) is 0 Å². The average Bonchev–Trinajstić information content (AvgIpc) is 2.84. The zero-order valence-corrected chi connectivity index (χ0v) is 11.1. The summed E-state index contributed by atoms with van der Waals surface area (Å²) in [5.74, 6) is -0.842. The van der Waals surface area contributed by atoms with E-state index in [1.54, 1.807) is 23.1 Å². The van der Waals surface area contributed by atoms with Gasteiger partial charge in [-0.05, 0) is 30.5 Å². The molecule has 1 aliphatic heterocycles. The van der Waals surface area contributed by atoms with Crippen LogP contribution in [0.2, 0.25) is 0 Å². The number of likely N-dealkylation sites (tertiary alicyclic amines) is 1. The van der Waals surface area contributed by atoms with E-state index in [0.717, 1.165) is 5.56 Å². The third kappa shape index (κ3) is 3.96. The summed E-state index contributed by atoms with van der Waals surface area (Å²) in [5.41, 5.74) is 1.51. The van der Waals surface area contributed by atoms with Crippen LogP contribution >= 0.6 is 0 Å². The van der Waals surface area contributed by atoms with Gasteiger partial charge in [0.2, 0.25) is 0 Å². The van der Waals surface area contributed by atoms with Gasteiger partial charge in [-0.25, -0.2) is 4.79 Å². The Bertz CT molecular complexity index is 504. The van der Waals surface area contributed by atoms with E-state index >= 15 is 0 Å². The Morgan fingerprint density at radius 1 is 1.40 bits per heavy atom. The molecule has 6 nitrogen and oxygen atoms in total. The standard InChI is InChI=1S/C14H18N2O4/c17-12-6-7-16(9-12)14(20)15-11-3-1-2-10(8-11)4-5-13(18)19/h1-3,8,12,17H,4-7,9H2,(H,15,20)(H,18,19). The number of aliphatic carboxylic acids is 1. The van der Waals surface area contributed by atoms with Crippen LogP contribution in [0.1, 0.15) is 18.4 Å². The molecule has 0 saturated carbocycles. The van der Waals surface area contributed by atoms with Gasteiger partial charge in [-0.1, -0.05) is 12.1 Å². The van der Waals surface area contributed by atoms with Gasteiger partial charge in [-0.15, -0.1) is 0 Å². The van der Waals surface area contributed by atoms with Gasteiger partial charge in [-0.2, -0.15) is 0 Å². The molecule has 1 aliphatic rings. The minimum Gasteiger partial charge on any atom is -0.481 e. The van der Waals surface area contributed by atoms with Crippen LogP contribution in [-0.4, -0.2) is 46.3 Å². The number of carboxylic acids is 1. The summed E-state index contributed by atoms with van der Waals surface area (Å²) >= 11 is 0. The Morgan fingerprint density at radius 3 is 2.85 bits per heavy atom. The van der Waals surface area contributed by atoms with Crippen molar-refractivity contribution in [3.8, 4) is 0 Å². The average molecular weight is 278 g/mol. The first kappa shape index (κ1) is 14.3. The van der Waals surface area contributed by atoms with Gasteiger partial charge in [0, 0.05) is 25.2 Å². The molecular weight excluding hydrogens is 260 g/mol. The van der Waals surface area contributed by atoms with Crippen molar-refractivity contribution >= 4 is 17.7 Å². The van der Waals surface area contributed by atoms with Crippen molar-refractivity contribution < 1.29 is 19.8 Å². The molecule has 1 aromatic rings. The lowest BCUT2D eigenvalue weighted by Crippen LogP contribution is -2.33. The van der Waals surface area contributed by atoms with Crippen molar-refractivity contribution in [1.29, 1.82) is 0 Å². The molecule has 1 heterocycles. The molecule has 1 atom stereocenters. The Hall–Kier alpha value is -2.08. The molecule has 1 unspecified atom stereocenters. The Morgan fingerprint density at radius 2 is 2.20 bits per heavy atom. The summed E-state index contributed by atoms with van der Waals surface area (Å²) in [4.78, 5) is 24.1. The number of hydrogen-bond donors (Lipinski definition) is 3. The summed E-state index contributed by atoms with van der Waals surface area (Å²) in [6, 6.07) is 6.91. The molecule has 20 heavy (non-hydrogen) atoms. The maximum Gasteiger partial charge on any atom is 0.321 e. The van der Waals surface area contributed by atoms with Gasteiger partial charge >= 0.3 is 12.0 Å². The van der Waals surface area contributed by atoms with Crippen LogP contribution in [0.5, 0.6) is 0 Å². The summed E-state index contributed by atoms with van der Waals surface area (Å²) < 4.78 is 0. The second-order valence-electron chi connectivity index (χ2n) is 4.91. The molecule has 108 valence electrons.